The third-order valence-corrected chi connectivity index (χ3v) is 9.06. The molecule has 12 nitrogen and oxygen atoms in total. The number of aryl methyl sites for hydroxylation is 2. The van der Waals surface area contributed by atoms with E-state index in [0.717, 1.165) is 18.5 Å². The molecule has 2 fully saturated rings. The molecular formula is C37H45N7O5. The van der Waals surface area contributed by atoms with Crippen LogP contribution in [0.2, 0.25) is 0 Å². The summed E-state index contributed by atoms with van der Waals surface area (Å²) >= 11 is 0. The fourth-order valence-electron chi connectivity index (χ4n) is 6.08. The molecule has 3 aromatic rings. The number of carbonyl (C=O) groups excluding carboxylic acids is 4. The number of piperazine rings is 1. The van der Waals surface area contributed by atoms with Gasteiger partial charge in [-0.25, -0.2) is 4.98 Å². The highest BCUT2D eigenvalue weighted by Crippen LogP contribution is 2.40. The van der Waals surface area contributed by atoms with Gasteiger partial charge in [-0.15, -0.1) is 0 Å². The van der Waals surface area contributed by atoms with Gasteiger partial charge in [-0.3, -0.25) is 29.1 Å². The van der Waals surface area contributed by atoms with Crippen molar-refractivity contribution in [3.8, 4) is 5.75 Å². The normalized spacial score (nSPS) is 16.8. The molecule has 1 aliphatic heterocycles. The van der Waals surface area contributed by atoms with Gasteiger partial charge in [0, 0.05) is 71.3 Å². The number of amides is 4. The molecule has 3 heterocycles. The third-order valence-electron chi connectivity index (χ3n) is 9.06. The van der Waals surface area contributed by atoms with Crippen LogP contribution in [0, 0.1) is 13.8 Å². The molecule has 0 spiro atoms. The lowest BCUT2D eigenvalue weighted by molar-refractivity contribution is -0.130. The number of rotatable bonds is 11. The average Bonchev–Trinajstić information content (AvgIpc) is 3.94. The summed E-state index contributed by atoms with van der Waals surface area (Å²) in [6.07, 6.45) is 6.46. The first-order chi connectivity index (χ1) is 23.4. The van der Waals surface area contributed by atoms with Crippen LogP contribution in [0.1, 0.15) is 85.2 Å². The second-order valence-electron chi connectivity index (χ2n) is 13.0. The molecule has 2 atom stereocenters. The number of hydrogen-bond donors (Lipinski definition) is 2. The number of ether oxygens (including phenoxy) is 1. The highest BCUT2D eigenvalue weighted by molar-refractivity contribution is 6.08. The van der Waals surface area contributed by atoms with Gasteiger partial charge in [0.1, 0.15) is 11.6 Å². The minimum atomic E-state index is -0.542. The van der Waals surface area contributed by atoms with Crippen LogP contribution in [0.4, 0.5) is 5.82 Å². The molecule has 1 saturated carbocycles. The Balaban J connectivity index is 1.42. The monoisotopic (exact) mass is 667 g/mol. The Morgan fingerprint density at radius 3 is 2.37 bits per heavy atom. The molecular weight excluding hydrogens is 622 g/mol. The van der Waals surface area contributed by atoms with Gasteiger partial charge in [0.2, 0.25) is 5.91 Å². The lowest BCUT2D eigenvalue weighted by atomic mass is 10.0. The highest BCUT2D eigenvalue weighted by atomic mass is 16.5. The van der Waals surface area contributed by atoms with Crippen LogP contribution in [-0.2, 0) is 4.79 Å². The van der Waals surface area contributed by atoms with Gasteiger partial charge in [-0.2, -0.15) is 0 Å². The van der Waals surface area contributed by atoms with Crippen LogP contribution in [0.15, 0.2) is 55.4 Å². The number of nitrogens with one attached hydrogen (secondary N) is 2. The molecule has 0 radical (unpaired) electrons. The summed E-state index contributed by atoms with van der Waals surface area (Å²) in [5.74, 6) is 0.0388. The van der Waals surface area contributed by atoms with Crippen molar-refractivity contribution in [2.75, 3.05) is 52.6 Å². The quantitative estimate of drug-likeness (QED) is 0.292. The van der Waals surface area contributed by atoms with E-state index in [1.165, 1.54) is 35.9 Å². The molecule has 4 amide bonds. The minimum Gasteiger partial charge on any atom is -0.482 e. The van der Waals surface area contributed by atoms with Gasteiger partial charge in [0.15, 0.2) is 6.10 Å². The second kappa shape index (κ2) is 15.0. The van der Waals surface area contributed by atoms with E-state index in [4.69, 9.17) is 9.72 Å². The number of aromatic nitrogens is 2. The Bertz CT molecular complexity index is 1750. The Kier molecular flexibility index (Phi) is 10.8. The van der Waals surface area contributed by atoms with Crippen molar-refractivity contribution in [2.24, 2.45) is 0 Å². The van der Waals surface area contributed by atoms with Crippen LogP contribution in [-0.4, -0.2) is 102 Å². The fraction of sp³-hybridized carbons (Fsp3) is 0.405. The predicted molar refractivity (Wildman–Crippen MR) is 187 cm³/mol. The van der Waals surface area contributed by atoms with E-state index < -0.39 is 17.9 Å². The summed E-state index contributed by atoms with van der Waals surface area (Å²) in [6.45, 7) is 11.5. The maximum Gasteiger partial charge on any atom is 0.257 e. The molecule has 2 aliphatic rings. The van der Waals surface area contributed by atoms with Gasteiger partial charge in [0.05, 0.1) is 16.8 Å². The first-order valence-corrected chi connectivity index (χ1v) is 16.5. The predicted octanol–water partition coefficient (Wildman–Crippen LogP) is 4.12. The van der Waals surface area contributed by atoms with Gasteiger partial charge < -0.3 is 25.2 Å². The zero-order chi connectivity index (χ0) is 35.4. The number of benzene rings is 1. The zero-order valence-electron chi connectivity index (χ0n) is 29.1. The van der Waals surface area contributed by atoms with E-state index in [1.54, 1.807) is 40.1 Å². The number of carbonyl (C=O) groups is 4. The maximum absolute atomic E-state index is 13.6. The largest absolute Gasteiger partial charge is 0.482 e. The molecule has 49 heavy (non-hydrogen) atoms. The Hall–Kier alpha value is -5.10. The van der Waals surface area contributed by atoms with Crippen molar-refractivity contribution in [3.63, 3.8) is 0 Å². The lowest BCUT2D eigenvalue weighted by Crippen LogP contribution is -2.54. The van der Waals surface area contributed by atoms with Crippen LogP contribution in [0.5, 0.6) is 5.75 Å². The van der Waals surface area contributed by atoms with E-state index in [1.807, 2.05) is 24.1 Å². The van der Waals surface area contributed by atoms with Crippen molar-refractivity contribution >= 4 is 29.4 Å². The standard InChI is InChI=1S/C37H45N7O5/c1-8-33(45)44-14-13-43(20-24(44)4)21-32(30-12-11-26(18-39-30)25-9-10-25)49-31-16-22(2)28(17-29(31)35(46)38-5)36(47)41-34-23(3)15-27(19-40-34)37(48)42(6)7/h8,11-12,15-19,24-25,32H,1,9-10,13-14,20-21H2,2-7H3,(H,38,46)(H,40,41,47)/t24-,32+/m1/s1. The van der Waals surface area contributed by atoms with Gasteiger partial charge in [0.25, 0.3) is 17.7 Å². The van der Waals surface area contributed by atoms with Crippen molar-refractivity contribution < 1.29 is 23.9 Å². The van der Waals surface area contributed by atoms with Crippen LogP contribution >= 0.6 is 0 Å². The average molecular weight is 668 g/mol. The minimum absolute atomic E-state index is 0.0191. The second-order valence-corrected chi connectivity index (χ2v) is 13.0. The smallest absolute Gasteiger partial charge is 0.257 e. The van der Waals surface area contributed by atoms with E-state index in [9.17, 15) is 19.2 Å². The van der Waals surface area contributed by atoms with Gasteiger partial charge in [-0.1, -0.05) is 12.6 Å². The molecule has 5 rings (SSSR count). The third kappa shape index (κ3) is 8.14. The van der Waals surface area contributed by atoms with E-state index >= 15 is 0 Å². The number of pyridine rings is 2. The number of anilines is 1. The van der Waals surface area contributed by atoms with Crippen LogP contribution in [0.25, 0.3) is 0 Å². The molecule has 1 aromatic carbocycles. The number of nitrogens with zero attached hydrogens (tertiary/aromatic N) is 5. The summed E-state index contributed by atoms with van der Waals surface area (Å²) in [5.41, 5.74) is 4.03. The Morgan fingerprint density at radius 1 is 1.02 bits per heavy atom. The topological polar surface area (TPSA) is 137 Å². The summed E-state index contributed by atoms with van der Waals surface area (Å²) in [5, 5.41) is 5.50. The molecule has 2 aromatic heterocycles. The zero-order valence-corrected chi connectivity index (χ0v) is 29.1. The molecule has 0 unspecified atom stereocenters. The fourth-order valence-corrected chi connectivity index (χ4v) is 6.08. The van der Waals surface area contributed by atoms with Crippen molar-refractivity contribution in [1.29, 1.82) is 0 Å². The molecule has 0 bridgehead atoms. The molecule has 1 aliphatic carbocycles. The van der Waals surface area contributed by atoms with Crippen LogP contribution < -0.4 is 15.4 Å². The summed E-state index contributed by atoms with van der Waals surface area (Å²) in [6, 6.07) is 8.97. The van der Waals surface area contributed by atoms with Crippen molar-refractivity contribution in [3.05, 3.63) is 94.5 Å². The van der Waals surface area contributed by atoms with Crippen LogP contribution in [0.3, 0.4) is 0 Å². The molecule has 12 heteroatoms. The highest BCUT2D eigenvalue weighted by Gasteiger charge is 2.31. The lowest BCUT2D eigenvalue weighted by Gasteiger charge is -2.40. The number of hydrogen-bond acceptors (Lipinski definition) is 8. The molecule has 1 saturated heterocycles. The Morgan fingerprint density at radius 2 is 1.78 bits per heavy atom. The first-order valence-electron chi connectivity index (χ1n) is 16.5. The summed E-state index contributed by atoms with van der Waals surface area (Å²) in [4.78, 5) is 66.2. The SMILES string of the molecule is C=CC(=O)N1CCN(C[C@H](Oc2cc(C)c(C(=O)Nc3ncc(C(=O)N(C)C)cc3C)cc2C(=O)NC)c2ccc(C3CC3)cn2)C[C@H]1C. The van der Waals surface area contributed by atoms with E-state index in [2.05, 4.69) is 33.2 Å². The molecule has 2 N–H and O–H groups in total. The van der Waals surface area contributed by atoms with Crippen molar-refractivity contribution in [1.82, 2.24) is 30.0 Å². The Labute approximate surface area is 287 Å². The molecule has 258 valence electrons. The van der Waals surface area contributed by atoms with Gasteiger partial charge in [-0.05, 0) is 86.6 Å². The first kappa shape index (κ1) is 35.2. The van der Waals surface area contributed by atoms with Gasteiger partial charge >= 0.3 is 0 Å². The van der Waals surface area contributed by atoms with E-state index in [0.29, 0.717) is 60.4 Å². The maximum atomic E-state index is 13.6. The summed E-state index contributed by atoms with van der Waals surface area (Å²) in [7, 11) is 4.84. The van der Waals surface area contributed by atoms with E-state index in [-0.39, 0.29) is 29.0 Å². The summed E-state index contributed by atoms with van der Waals surface area (Å²) < 4.78 is 6.67. The van der Waals surface area contributed by atoms with Crippen molar-refractivity contribution in [2.45, 2.75) is 51.7 Å².